The second-order valence-electron chi connectivity index (χ2n) is 9.31. The van der Waals surface area contributed by atoms with Crippen LogP contribution in [0.2, 0.25) is 0 Å². The highest BCUT2D eigenvalue weighted by atomic mass is 16.5. The van der Waals surface area contributed by atoms with Crippen LogP contribution in [-0.4, -0.2) is 85.6 Å². The summed E-state index contributed by atoms with van der Waals surface area (Å²) in [5.41, 5.74) is 1.11. The van der Waals surface area contributed by atoms with Gasteiger partial charge in [-0.1, -0.05) is 37.3 Å². The Kier molecular flexibility index (Phi) is 8.40. The number of piperidine rings is 1. The van der Waals surface area contributed by atoms with E-state index in [0.717, 1.165) is 37.2 Å². The average molecular weight is 456 g/mol. The first kappa shape index (κ1) is 23.8. The number of hydrogen-bond acceptors (Lipinski definition) is 5. The van der Waals surface area contributed by atoms with Crippen molar-refractivity contribution < 1.29 is 19.1 Å². The Labute approximate surface area is 197 Å². The lowest BCUT2D eigenvalue weighted by Crippen LogP contribution is -2.48. The first-order chi connectivity index (χ1) is 16.1. The number of amides is 2. The molecule has 7 heteroatoms. The quantitative estimate of drug-likeness (QED) is 0.653. The van der Waals surface area contributed by atoms with Crippen LogP contribution >= 0.6 is 0 Å². The van der Waals surface area contributed by atoms with Gasteiger partial charge in [0.15, 0.2) is 0 Å². The van der Waals surface area contributed by atoms with E-state index < -0.39 is 0 Å². The molecule has 2 atom stereocenters. The molecule has 1 aromatic carbocycles. The summed E-state index contributed by atoms with van der Waals surface area (Å²) < 4.78 is 11.5. The molecule has 0 unspecified atom stereocenters. The number of ether oxygens (including phenoxy) is 2. The smallest absolute Gasteiger partial charge is 0.236 e. The van der Waals surface area contributed by atoms with Gasteiger partial charge < -0.3 is 19.3 Å². The van der Waals surface area contributed by atoms with E-state index in [9.17, 15) is 9.59 Å². The molecule has 3 heterocycles. The van der Waals surface area contributed by atoms with E-state index >= 15 is 0 Å². The van der Waals surface area contributed by atoms with Crippen LogP contribution in [0, 0.1) is 11.8 Å². The van der Waals surface area contributed by atoms with Crippen LogP contribution in [0.3, 0.4) is 0 Å². The summed E-state index contributed by atoms with van der Waals surface area (Å²) in [4.78, 5) is 32.3. The van der Waals surface area contributed by atoms with Crippen molar-refractivity contribution in [3.8, 4) is 5.75 Å². The number of carbonyl (C=O) groups is 2. The van der Waals surface area contributed by atoms with E-state index in [1.807, 2.05) is 28.0 Å². The number of para-hydroxylation sites is 1. The summed E-state index contributed by atoms with van der Waals surface area (Å²) in [7, 11) is 0. The Bertz CT molecular complexity index is 837. The summed E-state index contributed by atoms with van der Waals surface area (Å²) in [5.74, 6) is 1.66. The molecular weight excluding hydrogens is 418 g/mol. The Morgan fingerprint density at radius 3 is 2.76 bits per heavy atom. The number of benzene rings is 1. The first-order valence-corrected chi connectivity index (χ1v) is 12.4. The van der Waals surface area contributed by atoms with Crippen molar-refractivity contribution in [3.05, 3.63) is 42.0 Å². The van der Waals surface area contributed by atoms with E-state index in [0.29, 0.717) is 59.0 Å². The molecule has 7 nitrogen and oxygen atoms in total. The lowest BCUT2D eigenvalue weighted by molar-refractivity contribution is -0.138. The van der Waals surface area contributed by atoms with Crippen LogP contribution in [0.1, 0.15) is 31.7 Å². The minimum Gasteiger partial charge on any atom is -0.489 e. The zero-order chi connectivity index (χ0) is 23.0. The van der Waals surface area contributed by atoms with Crippen molar-refractivity contribution in [2.45, 2.75) is 32.7 Å². The van der Waals surface area contributed by atoms with Crippen molar-refractivity contribution in [1.82, 2.24) is 14.7 Å². The van der Waals surface area contributed by atoms with Gasteiger partial charge in [0.05, 0.1) is 19.8 Å². The lowest BCUT2D eigenvalue weighted by Gasteiger charge is -2.39. The summed E-state index contributed by atoms with van der Waals surface area (Å²) in [6, 6.07) is 8.09. The fraction of sp³-hybridized carbons (Fsp3) is 0.615. The second-order valence-corrected chi connectivity index (χ2v) is 9.31. The third-order valence-corrected chi connectivity index (χ3v) is 6.94. The fourth-order valence-corrected chi connectivity index (χ4v) is 5.10. The lowest BCUT2D eigenvalue weighted by atomic mass is 9.82. The van der Waals surface area contributed by atoms with Gasteiger partial charge in [-0.15, -0.1) is 0 Å². The second kappa shape index (κ2) is 11.7. The normalized spacial score (nSPS) is 24.8. The van der Waals surface area contributed by atoms with Crippen molar-refractivity contribution in [2.75, 3.05) is 59.1 Å². The van der Waals surface area contributed by atoms with Gasteiger partial charge in [-0.3, -0.25) is 14.5 Å². The fourth-order valence-electron chi connectivity index (χ4n) is 5.10. The van der Waals surface area contributed by atoms with Crippen molar-refractivity contribution >= 4 is 11.8 Å². The predicted molar refractivity (Wildman–Crippen MR) is 127 cm³/mol. The van der Waals surface area contributed by atoms with Crippen LogP contribution in [-0.2, 0) is 20.9 Å². The first-order valence-electron chi connectivity index (χ1n) is 12.4. The molecule has 2 bridgehead atoms. The van der Waals surface area contributed by atoms with Crippen molar-refractivity contribution in [2.24, 2.45) is 11.8 Å². The molecule has 33 heavy (non-hydrogen) atoms. The molecule has 0 aliphatic carbocycles. The molecular formula is C26H37N3O4. The molecule has 1 aromatic rings. The van der Waals surface area contributed by atoms with E-state index in [-0.39, 0.29) is 23.7 Å². The number of nitrogens with zero attached hydrogens (tertiary/aromatic N) is 3. The minimum absolute atomic E-state index is 0.159. The molecule has 0 aromatic heterocycles. The van der Waals surface area contributed by atoms with Gasteiger partial charge in [0.25, 0.3) is 0 Å². The van der Waals surface area contributed by atoms with Crippen LogP contribution < -0.4 is 4.74 Å². The van der Waals surface area contributed by atoms with Gasteiger partial charge in [-0.05, 0) is 37.3 Å². The maximum absolute atomic E-state index is 13.2. The Morgan fingerprint density at radius 2 is 1.94 bits per heavy atom. The van der Waals surface area contributed by atoms with Gasteiger partial charge >= 0.3 is 0 Å². The monoisotopic (exact) mass is 455 g/mol. The molecule has 0 N–H and O–H groups in total. The standard InChI is InChI=1S/C26H37N3O4/c1-2-10-27-18-23-6-3-4-8-24(23)33-14-5-7-22-19-29(26(31)20-27)11-9-21(22)17-25(30)28-12-15-32-16-13-28/h3-8,21-22H,2,9-20H2,1H3/t21-,22-/m0/s1. The van der Waals surface area contributed by atoms with Crippen LogP contribution in [0.4, 0.5) is 0 Å². The number of morpholine rings is 1. The molecule has 0 spiro atoms. The minimum atomic E-state index is 0.159. The van der Waals surface area contributed by atoms with Crippen LogP contribution in [0.15, 0.2) is 36.4 Å². The highest BCUT2D eigenvalue weighted by Crippen LogP contribution is 2.29. The number of carbonyl (C=O) groups excluding carboxylic acids is 2. The summed E-state index contributed by atoms with van der Waals surface area (Å²) in [6.45, 7) is 8.60. The van der Waals surface area contributed by atoms with Gasteiger partial charge in [0, 0.05) is 44.7 Å². The third kappa shape index (κ3) is 6.36. The zero-order valence-electron chi connectivity index (χ0n) is 19.8. The molecule has 2 amide bonds. The molecule has 2 saturated heterocycles. The molecule has 3 aliphatic heterocycles. The van der Waals surface area contributed by atoms with E-state index in [1.54, 1.807) is 0 Å². The van der Waals surface area contributed by atoms with Crippen molar-refractivity contribution in [1.29, 1.82) is 0 Å². The topological polar surface area (TPSA) is 62.3 Å². The largest absolute Gasteiger partial charge is 0.489 e. The highest BCUT2D eigenvalue weighted by Gasteiger charge is 2.33. The van der Waals surface area contributed by atoms with Crippen LogP contribution in [0.5, 0.6) is 5.75 Å². The van der Waals surface area contributed by atoms with Gasteiger partial charge in [0.2, 0.25) is 11.8 Å². The summed E-state index contributed by atoms with van der Waals surface area (Å²) >= 11 is 0. The molecule has 3 aliphatic rings. The van der Waals surface area contributed by atoms with Crippen molar-refractivity contribution in [3.63, 3.8) is 0 Å². The molecule has 0 saturated carbocycles. The number of rotatable bonds is 4. The van der Waals surface area contributed by atoms with Gasteiger partial charge in [-0.25, -0.2) is 0 Å². The maximum Gasteiger partial charge on any atom is 0.236 e. The third-order valence-electron chi connectivity index (χ3n) is 6.94. The Hall–Kier alpha value is -2.38. The molecule has 180 valence electrons. The summed E-state index contributed by atoms with van der Waals surface area (Å²) in [5, 5.41) is 0. The average Bonchev–Trinajstić information content (AvgIpc) is 2.84. The van der Waals surface area contributed by atoms with E-state index in [1.165, 1.54) is 0 Å². The van der Waals surface area contributed by atoms with Gasteiger partial charge in [0.1, 0.15) is 12.4 Å². The molecule has 0 radical (unpaired) electrons. The summed E-state index contributed by atoms with van der Waals surface area (Å²) in [6.07, 6.45) is 6.60. The molecule has 2 fully saturated rings. The van der Waals surface area contributed by atoms with E-state index in [2.05, 4.69) is 30.0 Å². The zero-order valence-corrected chi connectivity index (χ0v) is 19.8. The number of hydrogen-bond donors (Lipinski definition) is 0. The SMILES string of the molecule is CCCN1CC(=O)N2CC[C@@H](CC(=O)N3CCOCC3)[C@@H](C=CCOc3ccccc3C1)C2. The molecule has 4 rings (SSSR count). The van der Waals surface area contributed by atoms with Gasteiger partial charge in [-0.2, -0.15) is 0 Å². The van der Waals surface area contributed by atoms with E-state index in [4.69, 9.17) is 9.47 Å². The highest BCUT2D eigenvalue weighted by molar-refractivity contribution is 5.79. The van der Waals surface area contributed by atoms with Crippen LogP contribution in [0.25, 0.3) is 0 Å². The predicted octanol–water partition coefficient (Wildman–Crippen LogP) is 2.56. The Morgan fingerprint density at radius 1 is 1.12 bits per heavy atom. The maximum atomic E-state index is 13.2. The number of fused-ring (bicyclic) bond motifs is 3. The Balaban J connectivity index is 1.50.